The molecule has 0 aliphatic heterocycles. The largest absolute Gasteiger partial charge is 0.327 e. The number of nitro benzene ring substituents is 2. The van der Waals surface area contributed by atoms with E-state index in [0.717, 1.165) is 11.1 Å². The minimum Gasteiger partial charge on any atom is -0.327 e. The fourth-order valence-corrected chi connectivity index (χ4v) is 5.06. The van der Waals surface area contributed by atoms with E-state index in [1.807, 2.05) is 13.0 Å². The molecule has 0 aliphatic carbocycles. The highest BCUT2D eigenvalue weighted by Gasteiger charge is 2.19. The van der Waals surface area contributed by atoms with E-state index in [-0.39, 0.29) is 34.0 Å². The van der Waals surface area contributed by atoms with Crippen molar-refractivity contribution in [1.82, 2.24) is 10.3 Å². The van der Waals surface area contributed by atoms with Gasteiger partial charge in [-0.2, -0.15) is 0 Å². The van der Waals surface area contributed by atoms with Crippen LogP contribution in [0.3, 0.4) is 0 Å². The maximum Gasteiger partial charge on any atom is 0.296 e. The van der Waals surface area contributed by atoms with E-state index in [4.69, 9.17) is 12.2 Å². The first kappa shape index (κ1) is 31.3. The summed E-state index contributed by atoms with van der Waals surface area (Å²) in [6, 6.07) is 25.0. The number of rotatable bonds is 6. The SMILES string of the molecule is Cc1ccc([N+](=O)[O-])c(NC(=S)NC(=O)c2ccccc2)c1.Cc1ccc([N+](=O)[O-])c2nc(NC(=O)c3ccccc3)sc12. The normalized spacial score (nSPS) is 10.2. The summed E-state index contributed by atoms with van der Waals surface area (Å²) in [7, 11) is 0. The lowest BCUT2D eigenvalue weighted by Gasteiger charge is -2.10. The third-order valence-corrected chi connectivity index (χ3v) is 7.34. The molecule has 0 atom stereocenters. The van der Waals surface area contributed by atoms with E-state index in [0.29, 0.717) is 26.5 Å². The number of non-ortho nitro benzene ring substituents is 1. The Kier molecular flexibility index (Phi) is 10.0. The molecule has 5 aromatic rings. The highest BCUT2D eigenvalue weighted by atomic mass is 32.1. The average Bonchev–Trinajstić information content (AvgIpc) is 3.42. The monoisotopic (exact) mass is 628 g/mol. The van der Waals surface area contributed by atoms with Gasteiger partial charge in [0.05, 0.1) is 14.5 Å². The second-order valence-electron chi connectivity index (χ2n) is 9.23. The number of fused-ring (bicyclic) bond motifs is 1. The molecule has 222 valence electrons. The number of nitrogens with zero attached hydrogens (tertiary/aromatic N) is 3. The van der Waals surface area contributed by atoms with E-state index in [1.165, 1.54) is 23.5 Å². The van der Waals surface area contributed by atoms with Crippen LogP contribution >= 0.6 is 23.6 Å². The van der Waals surface area contributed by atoms with Crippen molar-refractivity contribution < 1.29 is 19.4 Å². The molecule has 0 bridgehead atoms. The molecule has 12 nitrogen and oxygen atoms in total. The van der Waals surface area contributed by atoms with E-state index in [9.17, 15) is 29.8 Å². The molecule has 0 unspecified atom stereocenters. The van der Waals surface area contributed by atoms with Crippen molar-refractivity contribution in [2.75, 3.05) is 10.6 Å². The molecule has 0 saturated carbocycles. The van der Waals surface area contributed by atoms with Gasteiger partial charge in [-0.25, -0.2) is 4.98 Å². The molecule has 5 rings (SSSR count). The molecule has 1 aromatic heterocycles. The van der Waals surface area contributed by atoms with Gasteiger partial charge in [0.2, 0.25) is 0 Å². The number of hydrogen-bond acceptors (Lipinski definition) is 9. The van der Waals surface area contributed by atoms with Gasteiger partial charge >= 0.3 is 0 Å². The van der Waals surface area contributed by atoms with Crippen LogP contribution in [0.2, 0.25) is 0 Å². The number of benzene rings is 4. The molecule has 0 fully saturated rings. The number of thiazole rings is 1. The Hall–Kier alpha value is -5.60. The summed E-state index contributed by atoms with van der Waals surface area (Å²) < 4.78 is 0.706. The number of nitrogens with one attached hydrogen (secondary N) is 3. The molecule has 0 radical (unpaired) electrons. The Morgan fingerprint density at radius 1 is 0.773 bits per heavy atom. The molecule has 14 heteroatoms. The zero-order valence-electron chi connectivity index (χ0n) is 23.3. The highest BCUT2D eigenvalue weighted by molar-refractivity contribution is 7.80. The molecule has 0 aliphatic rings. The summed E-state index contributed by atoms with van der Waals surface area (Å²) in [6.45, 7) is 3.66. The van der Waals surface area contributed by atoms with Crippen LogP contribution in [0.1, 0.15) is 31.8 Å². The van der Waals surface area contributed by atoms with E-state index in [1.54, 1.807) is 79.7 Å². The third-order valence-electron chi connectivity index (χ3n) is 6.03. The second-order valence-corrected chi connectivity index (χ2v) is 10.6. The lowest BCUT2D eigenvalue weighted by Crippen LogP contribution is -2.34. The number of carbonyl (C=O) groups is 2. The second kappa shape index (κ2) is 14.0. The zero-order chi connectivity index (χ0) is 31.8. The lowest BCUT2D eigenvalue weighted by molar-refractivity contribution is -0.383. The molecule has 2 amide bonds. The van der Waals surface area contributed by atoms with Crippen LogP contribution in [-0.2, 0) is 0 Å². The van der Waals surface area contributed by atoms with E-state index < -0.39 is 9.85 Å². The first-order chi connectivity index (χ1) is 21.0. The van der Waals surface area contributed by atoms with Gasteiger partial charge in [0.15, 0.2) is 15.8 Å². The molecule has 4 aromatic carbocycles. The maximum absolute atomic E-state index is 12.1. The van der Waals surface area contributed by atoms with Gasteiger partial charge in [-0.15, -0.1) is 0 Å². The molecule has 0 spiro atoms. The fourth-order valence-electron chi connectivity index (χ4n) is 3.91. The van der Waals surface area contributed by atoms with Crippen molar-refractivity contribution in [3.8, 4) is 0 Å². The topological polar surface area (TPSA) is 169 Å². The van der Waals surface area contributed by atoms with Gasteiger partial charge in [-0.3, -0.25) is 40.5 Å². The predicted octanol–water partition coefficient (Wildman–Crippen LogP) is 6.80. The van der Waals surface area contributed by atoms with Crippen LogP contribution in [0.5, 0.6) is 0 Å². The molecule has 44 heavy (non-hydrogen) atoms. The fraction of sp³-hybridized carbons (Fsp3) is 0.0667. The van der Waals surface area contributed by atoms with Crippen molar-refractivity contribution in [2.24, 2.45) is 0 Å². The van der Waals surface area contributed by atoms with Crippen molar-refractivity contribution in [2.45, 2.75) is 13.8 Å². The van der Waals surface area contributed by atoms with Crippen molar-refractivity contribution in [3.05, 3.63) is 133 Å². The summed E-state index contributed by atoms with van der Waals surface area (Å²) in [4.78, 5) is 49.4. The van der Waals surface area contributed by atoms with Gasteiger partial charge in [0.25, 0.3) is 23.2 Å². The van der Waals surface area contributed by atoms with Crippen molar-refractivity contribution >= 4 is 72.9 Å². The van der Waals surface area contributed by atoms with E-state index >= 15 is 0 Å². The average molecular weight is 629 g/mol. The van der Waals surface area contributed by atoms with Gasteiger partial charge in [0, 0.05) is 23.3 Å². The highest BCUT2D eigenvalue weighted by Crippen LogP contribution is 2.34. The Balaban J connectivity index is 0.000000201. The van der Waals surface area contributed by atoms with Crippen LogP contribution in [0.25, 0.3) is 10.2 Å². The molecular formula is C30H24N6O6S2. The number of amides is 2. The van der Waals surface area contributed by atoms with Crippen molar-refractivity contribution in [1.29, 1.82) is 0 Å². The van der Waals surface area contributed by atoms with Gasteiger partial charge in [0.1, 0.15) is 5.69 Å². The smallest absolute Gasteiger partial charge is 0.296 e. The Labute approximate surface area is 260 Å². The first-order valence-electron chi connectivity index (χ1n) is 12.9. The number of thiocarbonyl (C=S) groups is 1. The summed E-state index contributed by atoms with van der Waals surface area (Å²) in [5.41, 5.74) is 3.06. The van der Waals surface area contributed by atoms with Gasteiger partial charge in [-0.05, 0) is 67.5 Å². The molecular weight excluding hydrogens is 605 g/mol. The summed E-state index contributed by atoms with van der Waals surface area (Å²) in [5.74, 6) is -0.673. The summed E-state index contributed by atoms with van der Waals surface area (Å²) in [5, 5.41) is 30.3. The summed E-state index contributed by atoms with van der Waals surface area (Å²) in [6.07, 6.45) is 0. The van der Waals surface area contributed by atoms with Crippen molar-refractivity contribution in [3.63, 3.8) is 0 Å². The van der Waals surface area contributed by atoms with E-state index in [2.05, 4.69) is 20.9 Å². The Morgan fingerprint density at radius 2 is 1.34 bits per heavy atom. The third kappa shape index (κ3) is 7.81. The number of hydrogen-bond donors (Lipinski definition) is 3. The standard InChI is InChI=1S/C15H11N3O3S.C15H13N3O3S/c1-9-7-8-11(18(20)21)12-13(9)22-15(16-12)17-14(19)10-5-3-2-4-6-10;1-10-7-8-13(18(20)21)12(9-10)16-15(22)17-14(19)11-5-3-2-4-6-11/h2-8H,1H3,(H,16,17,19);2-9H,1H3,(H2,16,17,19,22). The Morgan fingerprint density at radius 3 is 1.93 bits per heavy atom. The molecule has 1 heterocycles. The minimum atomic E-state index is -0.511. The number of carbonyl (C=O) groups excluding carboxylic acids is 2. The lowest BCUT2D eigenvalue weighted by atomic mass is 10.2. The van der Waals surface area contributed by atoms with Crippen LogP contribution < -0.4 is 16.0 Å². The Bertz CT molecular complexity index is 1880. The minimum absolute atomic E-state index is 0.00236. The van der Waals surface area contributed by atoms with Gasteiger partial charge < -0.3 is 5.32 Å². The molecule has 0 saturated heterocycles. The predicted molar refractivity (Wildman–Crippen MR) is 173 cm³/mol. The zero-order valence-corrected chi connectivity index (χ0v) is 24.9. The number of aromatic nitrogens is 1. The van der Waals surface area contributed by atoms with Crippen LogP contribution in [0, 0.1) is 34.1 Å². The van der Waals surface area contributed by atoms with Crippen LogP contribution in [0.4, 0.5) is 22.2 Å². The maximum atomic E-state index is 12.1. The quantitative estimate of drug-likeness (QED) is 0.104. The first-order valence-corrected chi connectivity index (χ1v) is 14.1. The number of anilines is 2. The number of nitro groups is 2. The van der Waals surface area contributed by atoms with Crippen LogP contribution in [0.15, 0.2) is 91.0 Å². The molecule has 3 N–H and O–H groups in total. The number of aryl methyl sites for hydroxylation is 2. The van der Waals surface area contributed by atoms with Gasteiger partial charge in [-0.1, -0.05) is 59.9 Å². The van der Waals surface area contributed by atoms with Crippen LogP contribution in [-0.4, -0.2) is 31.8 Å². The summed E-state index contributed by atoms with van der Waals surface area (Å²) >= 11 is 6.27.